The van der Waals surface area contributed by atoms with Gasteiger partial charge in [-0.1, -0.05) is 41.6 Å². The Kier molecular flexibility index (Phi) is 7.82. The normalized spacial score (nSPS) is 14.1. The number of aromatic nitrogens is 3. The third kappa shape index (κ3) is 5.47. The average molecular weight is 579 g/mol. The number of carbonyl (C=O) groups excluding carboxylic acids is 1. The number of rotatable bonds is 7. The first-order valence-electron chi connectivity index (χ1n) is 11.7. The van der Waals surface area contributed by atoms with Crippen LogP contribution in [-0.4, -0.2) is 45.6 Å². The predicted octanol–water partition coefficient (Wildman–Crippen LogP) is 6.11. The van der Waals surface area contributed by atoms with Crippen molar-refractivity contribution >= 4 is 58.3 Å². The number of benzene rings is 3. The number of hydrogen-bond donors (Lipinski definition) is 1. The van der Waals surface area contributed by atoms with Gasteiger partial charge in [-0.05, 0) is 73.2 Å². The fourth-order valence-corrected chi connectivity index (χ4v) is 5.26. The zero-order chi connectivity index (χ0) is 27.5. The molecule has 1 aliphatic heterocycles. The summed E-state index contributed by atoms with van der Waals surface area (Å²) in [4.78, 5) is 23.7. The van der Waals surface area contributed by atoms with E-state index in [4.69, 9.17) is 38.3 Å². The van der Waals surface area contributed by atoms with Crippen LogP contribution in [0.5, 0.6) is 11.5 Å². The number of methoxy groups -OCH3 is 2. The number of carbonyl (C=O) groups is 1. The number of amides is 1. The van der Waals surface area contributed by atoms with Crippen LogP contribution in [0, 0.1) is 11.7 Å². The quantitative estimate of drug-likeness (QED) is 0.207. The monoisotopic (exact) mass is 578 g/mol. The lowest BCUT2D eigenvalue weighted by Gasteiger charge is -2.19. The van der Waals surface area contributed by atoms with Crippen LogP contribution in [0.15, 0.2) is 71.8 Å². The average Bonchev–Trinajstić information content (AvgIpc) is 3.31. The second-order valence-electron chi connectivity index (χ2n) is 8.34. The molecule has 1 fully saturated rings. The van der Waals surface area contributed by atoms with E-state index >= 15 is 0 Å². The van der Waals surface area contributed by atoms with E-state index < -0.39 is 0 Å². The van der Waals surface area contributed by atoms with Gasteiger partial charge in [0.05, 0.1) is 31.3 Å². The number of para-hydroxylation sites is 1. The Bertz CT molecular complexity index is 1640. The Balaban J connectivity index is 1.64. The molecule has 9 nitrogen and oxygen atoms in total. The highest BCUT2D eigenvalue weighted by Crippen LogP contribution is 2.32. The molecule has 4 aromatic rings. The minimum absolute atomic E-state index is 0.0650. The van der Waals surface area contributed by atoms with Crippen LogP contribution in [0.2, 0.25) is 5.02 Å². The van der Waals surface area contributed by atoms with Gasteiger partial charge in [0.15, 0.2) is 11.0 Å². The van der Waals surface area contributed by atoms with Gasteiger partial charge >= 0.3 is 0 Å². The Morgan fingerprint density at radius 3 is 2.51 bits per heavy atom. The van der Waals surface area contributed by atoms with Crippen LogP contribution in [0.4, 0.5) is 11.6 Å². The number of thioether (sulfide) groups is 1. The summed E-state index contributed by atoms with van der Waals surface area (Å²) in [6, 6.07) is 20.1. The van der Waals surface area contributed by atoms with E-state index in [-0.39, 0.29) is 22.4 Å². The molecule has 12 heteroatoms. The van der Waals surface area contributed by atoms with Crippen molar-refractivity contribution in [1.82, 2.24) is 14.5 Å². The van der Waals surface area contributed by atoms with Crippen LogP contribution in [-0.2, 0) is 4.79 Å². The van der Waals surface area contributed by atoms with Gasteiger partial charge < -0.3 is 9.47 Å². The van der Waals surface area contributed by atoms with E-state index in [0.29, 0.717) is 33.2 Å². The number of nitrogens with one attached hydrogen (secondary N) is 1. The molecular weight excluding hydrogens is 556 g/mol. The number of hydrogen-bond acceptors (Lipinski definition) is 9. The lowest BCUT2D eigenvalue weighted by atomic mass is 10.2. The first-order valence-corrected chi connectivity index (χ1v) is 13.5. The third-order valence-corrected chi connectivity index (χ3v) is 7.35. The highest BCUT2D eigenvalue weighted by Gasteiger charge is 2.31. The van der Waals surface area contributed by atoms with Crippen LogP contribution >= 0.6 is 35.6 Å². The Labute approximate surface area is 239 Å². The fraction of sp³-hybridized carbons (Fsp3) is 0.148. The summed E-state index contributed by atoms with van der Waals surface area (Å²) in [6.45, 7) is 1.95. The van der Waals surface area contributed by atoms with Crippen molar-refractivity contribution in [3.8, 4) is 28.6 Å². The highest BCUT2D eigenvalue weighted by atomic mass is 35.5. The molecule has 1 N–H and O–H groups in total. The predicted molar refractivity (Wildman–Crippen MR) is 158 cm³/mol. The van der Waals surface area contributed by atoms with E-state index in [1.54, 1.807) is 41.9 Å². The van der Waals surface area contributed by atoms with Gasteiger partial charge in [0.25, 0.3) is 0 Å². The van der Waals surface area contributed by atoms with Crippen molar-refractivity contribution < 1.29 is 14.3 Å². The van der Waals surface area contributed by atoms with Gasteiger partial charge in [-0.25, -0.2) is 9.99 Å². The first kappa shape index (κ1) is 26.7. The molecule has 0 radical (unpaired) electrons. The first-order chi connectivity index (χ1) is 18.9. The van der Waals surface area contributed by atoms with E-state index in [9.17, 15) is 4.79 Å². The molecule has 1 saturated heterocycles. The lowest BCUT2D eigenvalue weighted by Crippen LogP contribution is -2.30. The summed E-state index contributed by atoms with van der Waals surface area (Å²) in [7, 11) is 3.15. The summed E-state index contributed by atoms with van der Waals surface area (Å²) in [5.74, 6) is 2.07. The molecule has 0 spiro atoms. The summed E-state index contributed by atoms with van der Waals surface area (Å²) in [6.07, 6.45) is 0. The number of halogens is 1. The molecule has 0 saturated carbocycles. The summed E-state index contributed by atoms with van der Waals surface area (Å²) in [5, 5.41) is 5.55. The standard InChI is InChI=1S/C27H23ClN6O3S2/c1-16-6-4-5-7-20(16)33-23(35)15-39-27(33)32-31-25-29-24(17-8-11-19(36-2)12-9-17)30-26(38)34(25)21-14-18(28)10-13-22(21)37-3/h4-14H,15H2,1-3H3,(H,29,30,31,38)/b32-27-. The minimum atomic E-state index is -0.0650. The Morgan fingerprint density at radius 2 is 1.79 bits per heavy atom. The van der Waals surface area contributed by atoms with Crippen LogP contribution in [0.3, 0.4) is 0 Å². The molecule has 198 valence electrons. The van der Waals surface area contributed by atoms with Crippen molar-refractivity contribution in [2.75, 3.05) is 30.3 Å². The fourth-order valence-electron chi connectivity index (χ4n) is 4.00. The molecular formula is C27H23ClN6O3S2. The highest BCUT2D eigenvalue weighted by molar-refractivity contribution is 8.15. The van der Waals surface area contributed by atoms with E-state index in [2.05, 4.69) is 15.5 Å². The summed E-state index contributed by atoms with van der Waals surface area (Å²) >= 11 is 13.4. The van der Waals surface area contributed by atoms with E-state index in [1.807, 2.05) is 55.5 Å². The number of anilines is 2. The smallest absolute Gasteiger partial charge is 0.243 e. The van der Waals surface area contributed by atoms with Crippen molar-refractivity contribution in [3.63, 3.8) is 0 Å². The number of amidine groups is 1. The van der Waals surface area contributed by atoms with Gasteiger partial charge in [-0.3, -0.25) is 9.69 Å². The van der Waals surface area contributed by atoms with Crippen molar-refractivity contribution in [2.45, 2.75) is 6.92 Å². The SMILES string of the molecule is COc1ccc(-c2nc(N/N=C3\SCC(=O)N3c3ccccc3C)n(-c3cc(Cl)ccc3OC)c(=S)n2)cc1. The minimum Gasteiger partial charge on any atom is -0.497 e. The molecule has 0 unspecified atom stereocenters. The molecule has 0 bridgehead atoms. The Morgan fingerprint density at radius 1 is 1.03 bits per heavy atom. The zero-order valence-electron chi connectivity index (χ0n) is 21.2. The molecule has 1 aromatic heterocycles. The van der Waals surface area contributed by atoms with Gasteiger partial charge in [0, 0.05) is 10.6 Å². The maximum atomic E-state index is 12.8. The Hall–Kier alpha value is -3.93. The molecule has 3 aromatic carbocycles. The topological polar surface area (TPSA) is 93.9 Å². The van der Waals surface area contributed by atoms with Crippen LogP contribution in [0.25, 0.3) is 17.1 Å². The van der Waals surface area contributed by atoms with Gasteiger partial charge in [-0.15, -0.1) is 5.10 Å². The zero-order valence-corrected chi connectivity index (χ0v) is 23.6. The third-order valence-electron chi connectivity index (χ3n) is 5.92. The number of nitrogens with zero attached hydrogens (tertiary/aromatic N) is 5. The van der Waals surface area contributed by atoms with Gasteiger partial charge in [-0.2, -0.15) is 9.97 Å². The van der Waals surface area contributed by atoms with Gasteiger partial charge in [0.2, 0.25) is 16.6 Å². The second-order valence-corrected chi connectivity index (χ2v) is 10.1. The summed E-state index contributed by atoms with van der Waals surface area (Å²) in [5.41, 5.74) is 6.02. The largest absolute Gasteiger partial charge is 0.497 e. The molecule has 1 aliphatic rings. The van der Waals surface area contributed by atoms with Crippen molar-refractivity contribution in [2.24, 2.45) is 5.10 Å². The van der Waals surface area contributed by atoms with E-state index in [0.717, 1.165) is 16.8 Å². The van der Waals surface area contributed by atoms with Crippen molar-refractivity contribution in [1.29, 1.82) is 0 Å². The van der Waals surface area contributed by atoms with E-state index in [1.165, 1.54) is 11.8 Å². The second kappa shape index (κ2) is 11.4. The lowest BCUT2D eigenvalue weighted by molar-refractivity contribution is -0.115. The molecule has 0 atom stereocenters. The number of ether oxygens (including phenoxy) is 2. The maximum absolute atomic E-state index is 12.8. The number of hydrazone groups is 1. The summed E-state index contributed by atoms with van der Waals surface area (Å²) < 4.78 is 12.6. The molecule has 1 amide bonds. The molecule has 39 heavy (non-hydrogen) atoms. The van der Waals surface area contributed by atoms with Gasteiger partial charge in [0.1, 0.15) is 11.5 Å². The maximum Gasteiger partial charge on any atom is 0.243 e. The molecule has 0 aliphatic carbocycles. The molecule has 2 heterocycles. The van der Waals surface area contributed by atoms with Crippen LogP contribution < -0.4 is 19.8 Å². The van der Waals surface area contributed by atoms with Crippen LogP contribution in [0.1, 0.15) is 5.56 Å². The van der Waals surface area contributed by atoms with Crippen molar-refractivity contribution in [3.05, 3.63) is 82.1 Å². The number of aryl methyl sites for hydroxylation is 1. The molecule has 5 rings (SSSR count).